The highest BCUT2D eigenvalue weighted by molar-refractivity contribution is 5.69. The molecule has 1 unspecified atom stereocenters. The summed E-state index contributed by atoms with van der Waals surface area (Å²) in [5.41, 5.74) is 0. The zero-order valence-corrected chi connectivity index (χ0v) is 36.7. The molecule has 0 rings (SSSR count). The van der Waals surface area contributed by atoms with Gasteiger partial charge in [0.1, 0.15) is 12.2 Å². The van der Waals surface area contributed by atoms with Gasteiger partial charge in [0.25, 0.3) is 0 Å². The topological polar surface area (TPSA) is 76.1 Å². The molecule has 0 aromatic heterocycles. The number of nitrogens with zero attached hydrogens (tertiary/aromatic N) is 1. The highest BCUT2D eigenvalue weighted by atomic mass is 16.5. The molecular formula is C48H93NO5. The van der Waals surface area contributed by atoms with Crippen LogP contribution in [0.4, 0.5) is 0 Å². The first-order chi connectivity index (χ1) is 26.5. The van der Waals surface area contributed by atoms with Crippen molar-refractivity contribution >= 4 is 11.9 Å². The summed E-state index contributed by atoms with van der Waals surface area (Å²) in [4.78, 5) is 27.9. The first-order valence-corrected chi connectivity index (χ1v) is 23.8. The number of carbonyl (C=O) groups excluding carboxylic acids is 2. The van der Waals surface area contributed by atoms with Gasteiger partial charge < -0.3 is 19.5 Å². The van der Waals surface area contributed by atoms with E-state index < -0.39 is 0 Å². The first-order valence-electron chi connectivity index (χ1n) is 23.8. The number of hydrogen-bond acceptors (Lipinski definition) is 6. The monoisotopic (exact) mass is 764 g/mol. The molecule has 6 nitrogen and oxygen atoms in total. The predicted molar refractivity (Wildman–Crippen MR) is 232 cm³/mol. The number of ether oxygens (including phenoxy) is 2. The van der Waals surface area contributed by atoms with Gasteiger partial charge in [-0.05, 0) is 110 Å². The maximum absolute atomic E-state index is 12.8. The van der Waals surface area contributed by atoms with Gasteiger partial charge in [0.05, 0.1) is 6.61 Å². The molecule has 0 bridgehead atoms. The van der Waals surface area contributed by atoms with Crippen molar-refractivity contribution in [3.05, 3.63) is 12.2 Å². The molecule has 0 aliphatic heterocycles. The number of aliphatic hydroxyl groups is 1. The highest BCUT2D eigenvalue weighted by Crippen LogP contribution is 2.20. The largest absolute Gasteiger partial charge is 0.462 e. The number of allylic oxidation sites excluding steroid dienone is 2. The van der Waals surface area contributed by atoms with Crippen LogP contribution < -0.4 is 0 Å². The average molecular weight is 764 g/mol. The van der Waals surface area contributed by atoms with E-state index in [0.29, 0.717) is 19.4 Å². The standard InChI is InChI=1S/C48H93NO5/c1-5-9-13-17-21-27-35-45(36-28-22-18-14-10-6-2)53-47(51)39-31-25-33-41-49(43-44-50)42-34-26-32-40-48(52)54-46(37-29-23-19-15-11-7-3)38-30-24-20-16-12-8-4/h5,9,45-46,50H,6-8,10-44H2,1-4H3/b9-5+. The molecule has 0 fully saturated rings. The number of unbranched alkanes of at least 4 members (excludes halogenated alkanes) is 22. The smallest absolute Gasteiger partial charge is 0.306 e. The Kier molecular flexibility index (Phi) is 41.6. The summed E-state index contributed by atoms with van der Waals surface area (Å²) in [6.07, 6.45) is 42.9. The Labute approximate surface area is 336 Å². The third kappa shape index (κ3) is 37.5. The van der Waals surface area contributed by atoms with E-state index in [1.165, 1.54) is 122 Å². The van der Waals surface area contributed by atoms with Gasteiger partial charge in [0.2, 0.25) is 0 Å². The van der Waals surface area contributed by atoms with E-state index in [2.05, 4.69) is 44.7 Å². The lowest BCUT2D eigenvalue weighted by molar-refractivity contribution is -0.151. The van der Waals surface area contributed by atoms with E-state index in [9.17, 15) is 14.7 Å². The molecule has 0 amide bonds. The first kappa shape index (κ1) is 52.6. The Hall–Kier alpha value is -1.40. The van der Waals surface area contributed by atoms with Crippen molar-refractivity contribution in [3.63, 3.8) is 0 Å². The fraction of sp³-hybridized carbons (Fsp3) is 0.917. The Bertz CT molecular complexity index is 801. The zero-order valence-electron chi connectivity index (χ0n) is 36.7. The third-order valence-electron chi connectivity index (χ3n) is 11.0. The summed E-state index contributed by atoms with van der Waals surface area (Å²) in [6.45, 7) is 11.6. The van der Waals surface area contributed by atoms with E-state index in [1.54, 1.807) is 0 Å². The van der Waals surface area contributed by atoms with Gasteiger partial charge >= 0.3 is 11.9 Å². The van der Waals surface area contributed by atoms with E-state index in [4.69, 9.17) is 9.47 Å². The number of rotatable bonds is 43. The van der Waals surface area contributed by atoms with Gasteiger partial charge in [-0.2, -0.15) is 0 Å². The van der Waals surface area contributed by atoms with Crippen molar-refractivity contribution < 1.29 is 24.2 Å². The summed E-state index contributed by atoms with van der Waals surface area (Å²) in [6, 6.07) is 0. The van der Waals surface area contributed by atoms with Crippen LogP contribution in [0.1, 0.15) is 246 Å². The van der Waals surface area contributed by atoms with Crippen LogP contribution >= 0.6 is 0 Å². The van der Waals surface area contributed by atoms with Crippen LogP contribution in [0, 0.1) is 0 Å². The minimum Gasteiger partial charge on any atom is -0.462 e. The molecule has 0 radical (unpaired) electrons. The molecule has 0 heterocycles. The predicted octanol–water partition coefficient (Wildman–Crippen LogP) is 14.0. The van der Waals surface area contributed by atoms with E-state index in [1.807, 2.05) is 0 Å². The maximum Gasteiger partial charge on any atom is 0.306 e. The summed E-state index contributed by atoms with van der Waals surface area (Å²) in [5, 5.41) is 9.65. The van der Waals surface area contributed by atoms with Crippen molar-refractivity contribution in [3.8, 4) is 0 Å². The second-order valence-electron chi connectivity index (χ2n) is 16.3. The van der Waals surface area contributed by atoms with E-state index in [0.717, 1.165) is 96.6 Å². The molecule has 0 aromatic rings. The quantitative estimate of drug-likeness (QED) is 0.0379. The Balaban J connectivity index is 4.40. The molecule has 1 atom stereocenters. The van der Waals surface area contributed by atoms with Crippen LogP contribution in [0.5, 0.6) is 0 Å². The number of aliphatic hydroxyl groups excluding tert-OH is 1. The summed E-state index contributed by atoms with van der Waals surface area (Å²) in [7, 11) is 0. The molecular weight excluding hydrogens is 671 g/mol. The SMILES string of the molecule is C/C=C/CCCCCC(CCCCCCCC)OC(=O)CCCCCN(CCO)CCCCCC(=O)OC(CCCCCCCC)CCCCCCCC. The van der Waals surface area contributed by atoms with Crippen LogP contribution in [0.2, 0.25) is 0 Å². The van der Waals surface area contributed by atoms with Gasteiger partial charge in [0.15, 0.2) is 0 Å². The van der Waals surface area contributed by atoms with Gasteiger partial charge in [-0.15, -0.1) is 0 Å². The normalized spacial score (nSPS) is 12.4. The fourth-order valence-electron chi connectivity index (χ4n) is 7.49. The summed E-state index contributed by atoms with van der Waals surface area (Å²) in [5.74, 6) is -0.0433. The second kappa shape index (κ2) is 42.7. The minimum atomic E-state index is -0.0261. The number of hydrogen-bond donors (Lipinski definition) is 1. The Morgan fingerprint density at radius 3 is 1.20 bits per heavy atom. The van der Waals surface area contributed by atoms with Crippen LogP contribution in [0.3, 0.4) is 0 Å². The van der Waals surface area contributed by atoms with Gasteiger partial charge in [0, 0.05) is 19.4 Å². The fourth-order valence-corrected chi connectivity index (χ4v) is 7.49. The van der Waals surface area contributed by atoms with Crippen molar-refractivity contribution in [1.82, 2.24) is 4.90 Å². The molecule has 0 aliphatic rings. The summed E-state index contributed by atoms with van der Waals surface area (Å²) >= 11 is 0. The van der Waals surface area contributed by atoms with Crippen molar-refractivity contribution in [1.29, 1.82) is 0 Å². The van der Waals surface area contributed by atoms with Crippen LogP contribution in [-0.2, 0) is 19.1 Å². The van der Waals surface area contributed by atoms with E-state index >= 15 is 0 Å². The second-order valence-corrected chi connectivity index (χ2v) is 16.3. The molecule has 0 saturated heterocycles. The Morgan fingerprint density at radius 1 is 0.481 bits per heavy atom. The lowest BCUT2D eigenvalue weighted by atomic mass is 10.0. The minimum absolute atomic E-state index is 0.0171. The molecule has 54 heavy (non-hydrogen) atoms. The molecule has 0 spiro atoms. The van der Waals surface area contributed by atoms with Crippen molar-refractivity contribution in [2.75, 3.05) is 26.2 Å². The lowest BCUT2D eigenvalue weighted by Crippen LogP contribution is -2.29. The maximum atomic E-state index is 12.8. The molecule has 0 aromatic carbocycles. The molecule has 0 aliphatic carbocycles. The van der Waals surface area contributed by atoms with Crippen LogP contribution in [-0.4, -0.2) is 60.4 Å². The van der Waals surface area contributed by atoms with Crippen LogP contribution in [0.15, 0.2) is 12.2 Å². The molecule has 1 N–H and O–H groups in total. The molecule has 6 heteroatoms. The lowest BCUT2D eigenvalue weighted by Gasteiger charge is -2.21. The average Bonchev–Trinajstić information content (AvgIpc) is 3.16. The number of esters is 2. The number of carbonyl (C=O) groups is 2. The van der Waals surface area contributed by atoms with E-state index in [-0.39, 0.29) is 30.8 Å². The molecule has 0 saturated carbocycles. The third-order valence-corrected chi connectivity index (χ3v) is 11.0. The highest BCUT2D eigenvalue weighted by Gasteiger charge is 2.16. The van der Waals surface area contributed by atoms with Gasteiger partial charge in [-0.25, -0.2) is 0 Å². The van der Waals surface area contributed by atoms with Gasteiger partial charge in [-0.1, -0.05) is 148 Å². The Morgan fingerprint density at radius 2 is 0.833 bits per heavy atom. The van der Waals surface area contributed by atoms with Gasteiger partial charge in [-0.3, -0.25) is 9.59 Å². The summed E-state index contributed by atoms with van der Waals surface area (Å²) < 4.78 is 12.1. The zero-order chi connectivity index (χ0) is 39.6. The van der Waals surface area contributed by atoms with Crippen molar-refractivity contribution in [2.24, 2.45) is 0 Å². The molecule has 320 valence electrons. The van der Waals surface area contributed by atoms with Crippen molar-refractivity contribution in [2.45, 2.75) is 258 Å². The van der Waals surface area contributed by atoms with Crippen LogP contribution in [0.25, 0.3) is 0 Å².